The summed E-state index contributed by atoms with van der Waals surface area (Å²) in [5, 5.41) is 0. The van der Waals surface area contributed by atoms with Crippen LogP contribution in [0.5, 0.6) is 0 Å². The lowest BCUT2D eigenvalue weighted by Crippen LogP contribution is -2.32. The van der Waals surface area contributed by atoms with Crippen molar-refractivity contribution in [3.05, 3.63) is 45.4 Å². The van der Waals surface area contributed by atoms with Crippen LogP contribution in [-0.4, -0.2) is 50.3 Å². The minimum atomic E-state index is -0.491. The highest BCUT2D eigenvalue weighted by Gasteiger charge is 2.36. The van der Waals surface area contributed by atoms with Gasteiger partial charge in [-0.25, -0.2) is 9.59 Å². The number of hydrogen-bond donors (Lipinski definition) is 0. The standard InChI is InChI=1S/C19H23NO5S/c1-12-6-7-16(26-12)17-14(18(21)23-2)10-20(9-13-5-4-8-25-13)11-15(17)19(22)24-3/h6-7,10-11,13,17H,4-5,8-9H2,1-3H3. The lowest BCUT2D eigenvalue weighted by atomic mass is 9.88. The Morgan fingerprint density at radius 1 is 1.19 bits per heavy atom. The summed E-state index contributed by atoms with van der Waals surface area (Å²) in [6.45, 7) is 3.32. The van der Waals surface area contributed by atoms with Crippen molar-refractivity contribution in [1.29, 1.82) is 0 Å². The van der Waals surface area contributed by atoms with E-state index in [2.05, 4.69) is 0 Å². The van der Waals surface area contributed by atoms with Gasteiger partial charge in [0.25, 0.3) is 0 Å². The first-order valence-electron chi connectivity index (χ1n) is 8.57. The minimum absolute atomic E-state index is 0.0841. The summed E-state index contributed by atoms with van der Waals surface area (Å²) < 4.78 is 15.7. The minimum Gasteiger partial charge on any atom is -0.466 e. The van der Waals surface area contributed by atoms with Crippen LogP contribution >= 0.6 is 11.3 Å². The molecule has 6 nitrogen and oxygen atoms in total. The van der Waals surface area contributed by atoms with Crippen LogP contribution in [0.15, 0.2) is 35.7 Å². The largest absolute Gasteiger partial charge is 0.466 e. The van der Waals surface area contributed by atoms with Gasteiger partial charge in [-0.1, -0.05) is 0 Å². The van der Waals surface area contributed by atoms with Crippen LogP contribution in [0.2, 0.25) is 0 Å². The van der Waals surface area contributed by atoms with Gasteiger partial charge in [0.05, 0.1) is 37.4 Å². The number of hydrogen-bond acceptors (Lipinski definition) is 7. The zero-order valence-corrected chi connectivity index (χ0v) is 16.0. The summed E-state index contributed by atoms with van der Waals surface area (Å²) in [6.07, 6.45) is 5.60. The van der Waals surface area contributed by atoms with E-state index in [1.165, 1.54) is 14.2 Å². The topological polar surface area (TPSA) is 65.1 Å². The maximum atomic E-state index is 12.5. The monoisotopic (exact) mass is 377 g/mol. The lowest BCUT2D eigenvalue weighted by Gasteiger charge is -2.30. The van der Waals surface area contributed by atoms with E-state index in [-0.39, 0.29) is 6.10 Å². The molecule has 3 rings (SSSR count). The van der Waals surface area contributed by atoms with Crippen molar-refractivity contribution in [2.75, 3.05) is 27.4 Å². The molecule has 1 aromatic heterocycles. The van der Waals surface area contributed by atoms with E-state index < -0.39 is 17.9 Å². The predicted octanol–water partition coefficient (Wildman–Crippen LogP) is 2.75. The van der Waals surface area contributed by atoms with E-state index in [4.69, 9.17) is 14.2 Å². The average Bonchev–Trinajstić information content (AvgIpc) is 3.31. The van der Waals surface area contributed by atoms with Gasteiger partial charge >= 0.3 is 11.9 Å². The molecule has 0 aromatic carbocycles. The van der Waals surface area contributed by atoms with Gasteiger partial charge in [0.1, 0.15) is 0 Å². The number of ether oxygens (including phenoxy) is 3. The molecule has 0 spiro atoms. The van der Waals surface area contributed by atoms with Crippen LogP contribution in [0, 0.1) is 6.92 Å². The fraction of sp³-hybridized carbons (Fsp3) is 0.474. The first kappa shape index (κ1) is 18.7. The Bertz CT molecular complexity index is 711. The lowest BCUT2D eigenvalue weighted by molar-refractivity contribution is -0.137. The zero-order valence-electron chi connectivity index (χ0n) is 15.2. The number of aryl methyl sites for hydroxylation is 1. The molecule has 1 unspecified atom stereocenters. The third-order valence-electron chi connectivity index (χ3n) is 4.56. The Kier molecular flexibility index (Phi) is 5.78. The van der Waals surface area contributed by atoms with Gasteiger partial charge in [0, 0.05) is 35.3 Å². The van der Waals surface area contributed by atoms with Crippen molar-refractivity contribution >= 4 is 23.3 Å². The number of esters is 2. The van der Waals surface area contributed by atoms with Crippen LogP contribution in [0.1, 0.15) is 28.5 Å². The van der Waals surface area contributed by atoms with Gasteiger partial charge in [-0.15, -0.1) is 11.3 Å². The highest BCUT2D eigenvalue weighted by Crippen LogP contribution is 2.40. The molecule has 1 aromatic rings. The summed E-state index contributed by atoms with van der Waals surface area (Å²) in [5.74, 6) is -1.39. The van der Waals surface area contributed by atoms with Crippen LogP contribution < -0.4 is 0 Å². The Balaban J connectivity index is 2.00. The number of thiophene rings is 1. The second kappa shape index (κ2) is 8.05. The second-order valence-corrected chi connectivity index (χ2v) is 7.68. The molecule has 1 saturated heterocycles. The Morgan fingerprint density at radius 2 is 1.85 bits per heavy atom. The van der Waals surface area contributed by atoms with Crippen LogP contribution in [0.25, 0.3) is 0 Å². The first-order chi connectivity index (χ1) is 12.5. The fourth-order valence-corrected chi connectivity index (χ4v) is 4.35. The van der Waals surface area contributed by atoms with Gasteiger partial charge < -0.3 is 19.1 Å². The number of carbonyl (C=O) groups is 2. The Labute approximate surface area is 157 Å². The van der Waals surface area contributed by atoms with Crippen LogP contribution in [0.3, 0.4) is 0 Å². The molecule has 0 aliphatic carbocycles. The number of nitrogens with zero attached hydrogens (tertiary/aromatic N) is 1. The van der Waals surface area contributed by atoms with E-state index in [1.54, 1.807) is 23.7 Å². The molecule has 2 aliphatic heterocycles. The normalized spacial score (nSPS) is 20.6. The molecule has 0 N–H and O–H groups in total. The summed E-state index contributed by atoms with van der Waals surface area (Å²) in [5.41, 5.74) is 0.852. The van der Waals surface area contributed by atoms with E-state index >= 15 is 0 Å². The molecule has 0 bridgehead atoms. The fourth-order valence-electron chi connectivity index (χ4n) is 3.33. The smallest absolute Gasteiger partial charge is 0.336 e. The van der Waals surface area contributed by atoms with Crippen molar-refractivity contribution in [1.82, 2.24) is 4.90 Å². The summed E-state index contributed by atoms with van der Waals surface area (Å²) in [7, 11) is 2.70. The molecular weight excluding hydrogens is 354 g/mol. The third-order valence-corrected chi connectivity index (χ3v) is 5.62. The van der Waals surface area contributed by atoms with Crippen LogP contribution in [0.4, 0.5) is 0 Å². The van der Waals surface area contributed by atoms with E-state index in [0.717, 1.165) is 29.2 Å². The quantitative estimate of drug-likeness (QED) is 0.735. The SMILES string of the molecule is COC(=O)C1=CN(CC2CCCO2)C=C(C(=O)OC)C1c1ccc(C)s1. The molecule has 2 aliphatic rings. The molecule has 7 heteroatoms. The van der Waals surface area contributed by atoms with Crippen LogP contribution in [-0.2, 0) is 23.8 Å². The maximum absolute atomic E-state index is 12.5. The van der Waals surface area contributed by atoms with Gasteiger partial charge in [0.15, 0.2) is 0 Å². The second-order valence-electron chi connectivity index (χ2n) is 6.37. The van der Waals surface area contributed by atoms with Crippen molar-refractivity contribution in [2.24, 2.45) is 0 Å². The highest BCUT2D eigenvalue weighted by atomic mass is 32.1. The van der Waals surface area contributed by atoms with E-state index in [1.807, 2.05) is 24.0 Å². The zero-order chi connectivity index (χ0) is 18.7. The van der Waals surface area contributed by atoms with E-state index in [9.17, 15) is 9.59 Å². The number of methoxy groups -OCH3 is 2. The number of rotatable bonds is 5. The predicted molar refractivity (Wildman–Crippen MR) is 97.7 cm³/mol. The summed E-state index contributed by atoms with van der Waals surface area (Å²) >= 11 is 1.55. The Morgan fingerprint density at radius 3 is 2.31 bits per heavy atom. The molecular formula is C19H23NO5S. The molecule has 1 atom stereocenters. The van der Waals surface area contributed by atoms with Gasteiger partial charge in [-0.05, 0) is 31.9 Å². The van der Waals surface area contributed by atoms with E-state index in [0.29, 0.717) is 17.7 Å². The molecule has 140 valence electrons. The van der Waals surface area contributed by atoms with Crippen molar-refractivity contribution < 1.29 is 23.8 Å². The molecule has 0 saturated carbocycles. The summed E-state index contributed by atoms with van der Waals surface area (Å²) in [4.78, 5) is 28.8. The third kappa shape index (κ3) is 3.83. The molecule has 3 heterocycles. The molecule has 0 radical (unpaired) electrons. The van der Waals surface area contributed by atoms with Crippen molar-refractivity contribution in [3.8, 4) is 0 Å². The van der Waals surface area contributed by atoms with Gasteiger partial charge in [-0.2, -0.15) is 0 Å². The van der Waals surface area contributed by atoms with Crippen molar-refractivity contribution in [2.45, 2.75) is 31.8 Å². The summed E-state index contributed by atoms with van der Waals surface area (Å²) in [6, 6.07) is 3.91. The van der Waals surface area contributed by atoms with Crippen molar-refractivity contribution in [3.63, 3.8) is 0 Å². The molecule has 0 amide bonds. The molecule has 1 fully saturated rings. The maximum Gasteiger partial charge on any atom is 0.336 e. The Hall–Kier alpha value is -2.12. The van der Waals surface area contributed by atoms with Gasteiger partial charge in [-0.3, -0.25) is 0 Å². The molecule has 26 heavy (non-hydrogen) atoms. The van der Waals surface area contributed by atoms with Gasteiger partial charge in [0.2, 0.25) is 0 Å². The first-order valence-corrected chi connectivity index (χ1v) is 9.39. The average molecular weight is 377 g/mol. The highest BCUT2D eigenvalue weighted by molar-refractivity contribution is 7.12. The number of carbonyl (C=O) groups excluding carboxylic acids is 2.